The zero-order valence-corrected chi connectivity index (χ0v) is 7.44. The lowest BCUT2D eigenvalue weighted by Crippen LogP contribution is -2.28. The lowest BCUT2D eigenvalue weighted by Gasteiger charge is -2.26. The summed E-state index contributed by atoms with van der Waals surface area (Å²) in [6.45, 7) is 0.797. The maximum Gasteiger partial charge on any atom is 0.0679 e. The summed E-state index contributed by atoms with van der Waals surface area (Å²) in [5.41, 5.74) is 5.67. The summed E-state index contributed by atoms with van der Waals surface area (Å²) in [6, 6.07) is 0. The lowest BCUT2D eigenvalue weighted by atomic mass is 9.96. The average molecular weight is 157 g/mol. The van der Waals surface area contributed by atoms with Crippen LogP contribution in [-0.4, -0.2) is 19.3 Å². The molecular weight excluding hydrogens is 138 g/mol. The van der Waals surface area contributed by atoms with Gasteiger partial charge in [0.25, 0.3) is 0 Å². The standard InChI is InChI=1S/C9H19NO/c1-11-9(7-4-8-10)5-2-3-6-9/h2-8,10H2,1H3. The number of hydrogen-bond donors (Lipinski definition) is 1. The zero-order chi connectivity index (χ0) is 8.16. The molecule has 1 saturated carbocycles. The van der Waals surface area contributed by atoms with E-state index in [1.165, 1.54) is 25.7 Å². The third-order valence-electron chi connectivity index (χ3n) is 2.78. The molecule has 2 nitrogen and oxygen atoms in total. The van der Waals surface area contributed by atoms with Gasteiger partial charge in [0.1, 0.15) is 0 Å². The number of ether oxygens (including phenoxy) is 1. The molecule has 0 aromatic rings. The maximum atomic E-state index is 5.55. The van der Waals surface area contributed by atoms with Gasteiger partial charge in [0.05, 0.1) is 5.60 Å². The molecular formula is C9H19NO. The Morgan fingerprint density at radius 2 is 2.00 bits per heavy atom. The topological polar surface area (TPSA) is 35.2 Å². The van der Waals surface area contributed by atoms with Crippen LogP contribution in [0.5, 0.6) is 0 Å². The minimum Gasteiger partial charge on any atom is -0.378 e. The van der Waals surface area contributed by atoms with Crippen LogP contribution < -0.4 is 5.73 Å². The van der Waals surface area contributed by atoms with E-state index in [1.807, 2.05) is 7.11 Å². The summed E-state index contributed by atoms with van der Waals surface area (Å²) in [5.74, 6) is 0. The Morgan fingerprint density at radius 3 is 2.45 bits per heavy atom. The molecule has 1 fully saturated rings. The van der Waals surface area contributed by atoms with E-state index in [2.05, 4.69) is 0 Å². The fourth-order valence-electron chi connectivity index (χ4n) is 2.00. The van der Waals surface area contributed by atoms with Crippen molar-refractivity contribution in [3.63, 3.8) is 0 Å². The largest absolute Gasteiger partial charge is 0.378 e. The van der Waals surface area contributed by atoms with Crippen LogP contribution in [0.3, 0.4) is 0 Å². The Bertz CT molecular complexity index is 108. The Labute approximate surface area is 69.1 Å². The second-order valence-corrected chi connectivity index (χ2v) is 3.49. The van der Waals surface area contributed by atoms with Crippen LogP contribution in [0.2, 0.25) is 0 Å². The first-order valence-corrected chi connectivity index (χ1v) is 4.58. The highest BCUT2D eigenvalue weighted by molar-refractivity contribution is 4.85. The molecule has 1 rings (SSSR count). The van der Waals surface area contributed by atoms with E-state index < -0.39 is 0 Å². The molecule has 0 spiro atoms. The Morgan fingerprint density at radius 1 is 1.36 bits per heavy atom. The van der Waals surface area contributed by atoms with Crippen LogP contribution in [0.1, 0.15) is 38.5 Å². The molecule has 0 aliphatic heterocycles. The summed E-state index contributed by atoms with van der Waals surface area (Å²) in [6.07, 6.45) is 7.40. The summed E-state index contributed by atoms with van der Waals surface area (Å²) >= 11 is 0. The van der Waals surface area contributed by atoms with Crippen molar-refractivity contribution in [1.29, 1.82) is 0 Å². The molecule has 11 heavy (non-hydrogen) atoms. The van der Waals surface area contributed by atoms with Crippen LogP contribution in [-0.2, 0) is 4.74 Å². The van der Waals surface area contributed by atoms with Gasteiger partial charge in [-0.15, -0.1) is 0 Å². The summed E-state index contributed by atoms with van der Waals surface area (Å²) in [5, 5.41) is 0. The third-order valence-corrected chi connectivity index (χ3v) is 2.78. The van der Waals surface area contributed by atoms with Crippen LogP contribution >= 0.6 is 0 Å². The lowest BCUT2D eigenvalue weighted by molar-refractivity contribution is -0.0122. The number of methoxy groups -OCH3 is 1. The van der Waals surface area contributed by atoms with E-state index in [0.29, 0.717) is 0 Å². The van der Waals surface area contributed by atoms with E-state index in [0.717, 1.165) is 19.4 Å². The van der Waals surface area contributed by atoms with Gasteiger partial charge in [0.2, 0.25) is 0 Å². The van der Waals surface area contributed by atoms with Gasteiger partial charge in [-0.25, -0.2) is 0 Å². The fraction of sp³-hybridized carbons (Fsp3) is 1.00. The van der Waals surface area contributed by atoms with E-state index in [1.54, 1.807) is 0 Å². The molecule has 66 valence electrons. The van der Waals surface area contributed by atoms with Gasteiger partial charge in [0.15, 0.2) is 0 Å². The normalized spacial score (nSPS) is 22.4. The van der Waals surface area contributed by atoms with Crippen molar-refractivity contribution < 1.29 is 4.74 Å². The van der Waals surface area contributed by atoms with Gasteiger partial charge < -0.3 is 10.5 Å². The highest BCUT2D eigenvalue weighted by Gasteiger charge is 2.32. The molecule has 0 unspecified atom stereocenters. The first-order valence-electron chi connectivity index (χ1n) is 4.58. The number of nitrogens with two attached hydrogens (primary N) is 1. The van der Waals surface area contributed by atoms with Crippen LogP contribution in [0.15, 0.2) is 0 Å². The molecule has 0 saturated heterocycles. The van der Waals surface area contributed by atoms with E-state index in [9.17, 15) is 0 Å². The molecule has 0 atom stereocenters. The average Bonchev–Trinajstić information content (AvgIpc) is 2.50. The smallest absolute Gasteiger partial charge is 0.0679 e. The predicted molar refractivity (Wildman–Crippen MR) is 46.5 cm³/mol. The molecule has 2 N–H and O–H groups in total. The van der Waals surface area contributed by atoms with E-state index in [-0.39, 0.29) is 5.60 Å². The highest BCUT2D eigenvalue weighted by atomic mass is 16.5. The van der Waals surface area contributed by atoms with Crippen LogP contribution in [0.25, 0.3) is 0 Å². The molecule has 0 aromatic carbocycles. The molecule has 0 bridgehead atoms. The first-order chi connectivity index (χ1) is 5.33. The molecule has 0 heterocycles. The Hall–Kier alpha value is -0.0800. The quantitative estimate of drug-likeness (QED) is 0.674. The van der Waals surface area contributed by atoms with Crippen molar-refractivity contribution in [1.82, 2.24) is 0 Å². The second-order valence-electron chi connectivity index (χ2n) is 3.49. The van der Waals surface area contributed by atoms with Gasteiger partial charge in [-0.2, -0.15) is 0 Å². The van der Waals surface area contributed by atoms with Gasteiger partial charge in [-0.05, 0) is 32.2 Å². The van der Waals surface area contributed by atoms with Gasteiger partial charge in [-0.1, -0.05) is 12.8 Å². The van der Waals surface area contributed by atoms with Crippen LogP contribution in [0.4, 0.5) is 0 Å². The minimum absolute atomic E-state index is 0.208. The van der Waals surface area contributed by atoms with Gasteiger partial charge in [0, 0.05) is 7.11 Å². The predicted octanol–water partition coefficient (Wildman–Crippen LogP) is 1.68. The van der Waals surface area contributed by atoms with Crippen LogP contribution in [0, 0.1) is 0 Å². The summed E-state index contributed by atoms with van der Waals surface area (Å²) < 4.78 is 5.55. The van der Waals surface area contributed by atoms with Crippen molar-refractivity contribution in [3.05, 3.63) is 0 Å². The van der Waals surface area contributed by atoms with Crippen molar-refractivity contribution in [2.45, 2.75) is 44.1 Å². The molecule has 1 aliphatic rings. The zero-order valence-electron chi connectivity index (χ0n) is 7.44. The maximum absolute atomic E-state index is 5.55. The third kappa shape index (κ3) is 2.17. The Kier molecular flexibility index (Phi) is 3.34. The second kappa shape index (κ2) is 4.07. The summed E-state index contributed by atoms with van der Waals surface area (Å²) in [7, 11) is 1.84. The molecule has 2 heteroatoms. The minimum atomic E-state index is 0.208. The van der Waals surface area contributed by atoms with E-state index in [4.69, 9.17) is 10.5 Å². The SMILES string of the molecule is COC1(CCCN)CCCC1. The molecule has 0 aromatic heterocycles. The fourth-order valence-corrected chi connectivity index (χ4v) is 2.00. The summed E-state index contributed by atoms with van der Waals surface area (Å²) in [4.78, 5) is 0. The Balaban J connectivity index is 2.33. The van der Waals surface area contributed by atoms with Crippen molar-refractivity contribution in [2.75, 3.05) is 13.7 Å². The first kappa shape index (κ1) is 9.01. The number of rotatable bonds is 4. The van der Waals surface area contributed by atoms with Gasteiger partial charge in [-0.3, -0.25) is 0 Å². The molecule has 0 amide bonds. The molecule has 0 radical (unpaired) electrons. The highest BCUT2D eigenvalue weighted by Crippen LogP contribution is 2.36. The van der Waals surface area contributed by atoms with Crippen molar-refractivity contribution in [3.8, 4) is 0 Å². The monoisotopic (exact) mass is 157 g/mol. The van der Waals surface area contributed by atoms with Crippen molar-refractivity contribution >= 4 is 0 Å². The van der Waals surface area contributed by atoms with Gasteiger partial charge >= 0.3 is 0 Å². The molecule has 1 aliphatic carbocycles. The van der Waals surface area contributed by atoms with Crippen molar-refractivity contribution in [2.24, 2.45) is 5.73 Å². The van der Waals surface area contributed by atoms with E-state index >= 15 is 0 Å². The number of hydrogen-bond acceptors (Lipinski definition) is 2.